The highest BCUT2D eigenvalue weighted by molar-refractivity contribution is 6.03. The third-order valence-corrected chi connectivity index (χ3v) is 6.54. The zero-order valence-corrected chi connectivity index (χ0v) is 17.4. The summed E-state index contributed by atoms with van der Waals surface area (Å²) in [6.45, 7) is 3.14. The first kappa shape index (κ1) is 20.0. The predicted octanol–water partition coefficient (Wildman–Crippen LogP) is 3.34. The van der Waals surface area contributed by atoms with Crippen molar-refractivity contribution in [2.75, 3.05) is 20.3 Å². The molecule has 6 heteroatoms. The number of para-hydroxylation sites is 1. The van der Waals surface area contributed by atoms with Gasteiger partial charge in [0, 0.05) is 30.6 Å². The van der Waals surface area contributed by atoms with E-state index >= 15 is 0 Å². The number of ether oxygens (including phenoxy) is 1. The number of amides is 2. The van der Waals surface area contributed by atoms with E-state index in [0.29, 0.717) is 25.4 Å². The van der Waals surface area contributed by atoms with Crippen LogP contribution in [0.25, 0.3) is 10.9 Å². The van der Waals surface area contributed by atoms with Crippen molar-refractivity contribution in [3.8, 4) is 0 Å². The minimum Gasteiger partial charge on any atom is -0.383 e. The summed E-state index contributed by atoms with van der Waals surface area (Å²) in [7, 11) is 1.62. The van der Waals surface area contributed by atoms with Gasteiger partial charge < -0.3 is 19.5 Å². The number of nitrogens with zero attached hydrogens (tertiary/aromatic N) is 2. The zero-order chi connectivity index (χ0) is 20.4. The number of rotatable bonds is 5. The number of methoxy groups -OCH3 is 1. The molecule has 2 amide bonds. The standard InChI is InChI=1S/C23H31N3O3/c1-23(22(28)24-18-10-5-3-4-6-11-18)16-25-19-12-8-7-9-17(19)15-20(25)21(27)26(23)13-14-29-2/h7-9,12,15,18H,3-6,10-11,13-14,16H2,1-2H3,(H,24,28). The molecule has 1 aliphatic heterocycles. The third-order valence-electron chi connectivity index (χ3n) is 6.54. The van der Waals surface area contributed by atoms with Crippen LogP contribution >= 0.6 is 0 Å². The van der Waals surface area contributed by atoms with Crippen molar-refractivity contribution in [3.05, 3.63) is 36.0 Å². The average Bonchev–Trinajstić information content (AvgIpc) is 2.89. The molecule has 6 nitrogen and oxygen atoms in total. The number of aromatic nitrogens is 1. The Labute approximate surface area is 172 Å². The van der Waals surface area contributed by atoms with Crippen LogP contribution in [0.4, 0.5) is 0 Å². The van der Waals surface area contributed by atoms with E-state index in [0.717, 1.165) is 36.6 Å². The van der Waals surface area contributed by atoms with Gasteiger partial charge in [0.25, 0.3) is 5.91 Å². The van der Waals surface area contributed by atoms with Gasteiger partial charge in [-0.1, -0.05) is 43.9 Å². The van der Waals surface area contributed by atoms with Crippen LogP contribution in [-0.4, -0.2) is 53.1 Å². The summed E-state index contributed by atoms with van der Waals surface area (Å²) < 4.78 is 7.25. The maximum Gasteiger partial charge on any atom is 0.271 e. The first-order valence-corrected chi connectivity index (χ1v) is 10.7. The Hall–Kier alpha value is -2.34. The van der Waals surface area contributed by atoms with Crippen LogP contribution in [0.15, 0.2) is 30.3 Å². The van der Waals surface area contributed by atoms with Crippen molar-refractivity contribution < 1.29 is 14.3 Å². The minimum absolute atomic E-state index is 0.0581. The Balaban J connectivity index is 1.68. The van der Waals surface area contributed by atoms with Crippen LogP contribution in [0.2, 0.25) is 0 Å². The number of fused-ring (bicyclic) bond motifs is 3. The van der Waals surface area contributed by atoms with E-state index in [9.17, 15) is 9.59 Å². The van der Waals surface area contributed by atoms with Crippen molar-refractivity contribution in [2.45, 2.75) is 63.6 Å². The predicted molar refractivity (Wildman–Crippen MR) is 113 cm³/mol. The summed E-state index contributed by atoms with van der Waals surface area (Å²) >= 11 is 0. The number of hydrogen-bond donors (Lipinski definition) is 1. The van der Waals surface area contributed by atoms with Crippen LogP contribution in [0.3, 0.4) is 0 Å². The second-order valence-corrected chi connectivity index (χ2v) is 8.56. The van der Waals surface area contributed by atoms with E-state index in [1.165, 1.54) is 12.8 Å². The van der Waals surface area contributed by atoms with Gasteiger partial charge >= 0.3 is 0 Å². The molecule has 0 bridgehead atoms. The summed E-state index contributed by atoms with van der Waals surface area (Å²) in [5.41, 5.74) is 0.689. The summed E-state index contributed by atoms with van der Waals surface area (Å²) in [5, 5.41) is 4.30. The fourth-order valence-corrected chi connectivity index (χ4v) is 4.80. The molecule has 1 aromatic heterocycles. The van der Waals surface area contributed by atoms with Crippen molar-refractivity contribution in [2.24, 2.45) is 0 Å². The molecule has 0 radical (unpaired) electrons. The Bertz CT molecular complexity index is 898. The lowest BCUT2D eigenvalue weighted by Gasteiger charge is -2.44. The molecule has 1 atom stereocenters. The van der Waals surface area contributed by atoms with Crippen LogP contribution < -0.4 is 5.32 Å². The normalized spacial score (nSPS) is 23.1. The van der Waals surface area contributed by atoms with Gasteiger partial charge in [-0.3, -0.25) is 9.59 Å². The largest absolute Gasteiger partial charge is 0.383 e. The molecule has 1 unspecified atom stereocenters. The number of benzene rings is 1. The lowest BCUT2D eigenvalue weighted by Crippen LogP contribution is -2.65. The van der Waals surface area contributed by atoms with E-state index in [1.54, 1.807) is 12.0 Å². The van der Waals surface area contributed by atoms with E-state index in [-0.39, 0.29) is 17.9 Å². The average molecular weight is 398 g/mol. The summed E-state index contributed by atoms with van der Waals surface area (Å²) in [5.74, 6) is -0.166. The number of carbonyl (C=O) groups excluding carboxylic acids is 2. The monoisotopic (exact) mass is 397 g/mol. The van der Waals surface area contributed by atoms with E-state index < -0.39 is 5.54 Å². The van der Waals surface area contributed by atoms with Crippen molar-refractivity contribution in [3.63, 3.8) is 0 Å². The van der Waals surface area contributed by atoms with Crippen molar-refractivity contribution in [1.82, 2.24) is 14.8 Å². The highest BCUT2D eigenvalue weighted by Gasteiger charge is 2.47. The quantitative estimate of drug-likeness (QED) is 0.787. The second-order valence-electron chi connectivity index (χ2n) is 8.56. The van der Waals surface area contributed by atoms with Crippen LogP contribution in [0, 0.1) is 0 Å². The molecule has 156 valence electrons. The maximum absolute atomic E-state index is 13.5. The molecule has 1 aromatic carbocycles. The van der Waals surface area contributed by atoms with Gasteiger partial charge in [0.2, 0.25) is 5.91 Å². The fraction of sp³-hybridized carbons (Fsp3) is 0.565. The minimum atomic E-state index is -0.948. The number of nitrogens with one attached hydrogen (secondary N) is 1. The maximum atomic E-state index is 13.5. The molecule has 29 heavy (non-hydrogen) atoms. The van der Waals surface area contributed by atoms with Crippen molar-refractivity contribution >= 4 is 22.7 Å². The molecule has 4 rings (SSSR count). The molecule has 2 aliphatic rings. The third kappa shape index (κ3) is 3.66. The topological polar surface area (TPSA) is 63.6 Å². The Morgan fingerprint density at radius 1 is 1.21 bits per heavy atom. The van der Waals surface area contributed by atoms with Gasteiger partial charge in [0.05, 0.1) is 13.2 Å². The molecular weight excluding hydrogens is 366 g/mol. The first-order valence-electron chi connectivity index (χ1n) is 10.7. The van der Waals surface area contributed by atoms with Crippen molar-refractivity contribution in [1.29, 1.82) is 0 Å². The molecule has 1 aliphatic carbocycles. The van der Waals surface area contributed by atoms with Gasteiger partial charge in [-0.2, -0.15) is 0 Å². The lowest BCUT2D eigenvalue weighted by molar-refractivity contribution is -0.134. The SMILES string of the molecule is COCCN1C(=O)c2cc3ccccc3n2CC1(C)C(=O)NC1CCCCCC1. The fourth-order valence-electron chi connectivity index (χ4n) is 4.80. The molecule has 0 saturated heterocycles. The second kappa shape index (κ2) is 8.19. The summed E-state index contributed by atoms with van der Waals surface area (Å²) in [6.07, 6.45) is 6.82. The van der Waals surface area contributed by atoms with E-state index in [1.807, 2.05) is 41.8 Å². The highest BCUT2D eigenvalue weighted by Crippen LogP contribution is 2.32. The van der Waals surface area contributed by atoms with Gasteiger partial charge in [0.15, 0.2) is 0 Å². The summed E-state index contributed by atoms with van der Waals surface area (Å²) in [6, 6.07) is 10.1. The first-order chi connectivity index (χ1) is 14.0. The van der Waals surface area contributed by atoms with Gasteiger partial charge in [-0.15, -0.1) is 0 Å². The number of hydrogen-bond acceptors (Lipinski definition) is 3. The molecule has 1 N–H and O–H groups in total. The van der Waals surface area contributed by atoms with Crippen LogP contribution in [-0.2, 0) is 16.1 Å². The van der Waals surface area contributed by atoms with Gasteiger partial charge in [-0.05, 0) is 31.9 Å². The van der Waals surface area contributed by atoms with E-state index in [2.05, 4.69) is 5.32 Å². The number of carbonyl (C=O) groups is 2. The van der Waals surface area contributed by atoms with Crippen LogP contribution in [0.1, 0.15) is 55.9 Å². The molecular formula is C23H31N3O3. The Morgan fingerprint density at radius 2 is 1.93 bits per heavy atom. The molecule has 2 aromatic rings. The smallest absolute Gasteiger partial charge is 0.271 e. The Morgan fingerprint density at radius 3 is 2.66 bits per heavy atom. The molecule has 2 heterocycles. The zero-order valence-electron chi connectivity index (χ0n) is 17.4. The van der Waals surface area contributed by atoms with Gasteiger partial charge in [0.1, 0.15) is 11.2 Å². The summed E-state index contributed by atoms with van der Waals surface area (Å²) in [4.78, 5) is 28.7. The van der Waals surface area contributed by atoms with Gasteiger partial charge in [-0.25, -0.2) is 0 Å². The van der Waals surface area contributed by atoms with Crippen LogP contribution in [0.5, 0.6) is 0 Å². The highest BCUT2D eigenvalue weighted by atomic mass is 16.5. The van der Waals surface area contributed by atoms with E-state index in [4.69, 9.17) is 4.74 Å². The molecule has 1 saturated carbocycles. The molecule has 0 spiro atoms. The lowest BCUT2D eigenvalue weighted by atomic mass is 9.93. The Kier molecular flexibility index (Phi) is 5.63. The molecule has 1 fully saturated rings.